The Morgan fingerprint density at radius 2 is 1.42 bits per heavy atom. The maximum Gasteiger partial charge on any atom is 0.343 e. The predicted molar refractivity (Wildman–Crippen MR) is 144 cm³/mol. The summed E-state index contributed by atoms with van der Waals surface area (Å²) in [6, 6.07) is 15.7. The summed E-state index contributed by atoms with van der Waals surface area (Å²) in [5.41, 5.74) is 3.28. The van der Waals surface area contributed by atoms with E-state index in [1.165, 1.54) is 6.21 Å². The van der Waals surface area contributed by atoms with Gasteiger partial charge in [0.2, 0.25) is 0 Å². The third-order valence-corrected chi connectivity index (χ3v) is 6.63. The van der Waals surface area contributed by atoms with Gasteiger partial charge in [-0.25, -0.2) is 10.2 Å². The lowest BCUT2D eigenvalue weighted by molar-refractivity contribution is -0.123. The molecule has 0 aliphatic heterocycles. The van der Waals surface area contributed by atoms with E-state index in [9.17, 15) is 9.59 Å². The van der Waals surface area contributed by atoms with Gasteiger partial charge in [-0.05, 0) is 84.2 Å². The Balaban J connectivity index is 1.68. The summed E-state index contributed by atoms with van der Waals surface area (Å²) in [6.07, 6.45) is 1.38. The van der Waals surface area contributed by atoms with Crippen molar-refractivity contribution in [2.45, 2.75) is 0 Å². The van der Waals surface area contributed by atoms with Gasteiger partial charge in [0, 0.05) is 14.5 Å². The lowest BCUT2D eigenvalue weighted by atomic mass is 10.2. The average molecular weight is 769 g/mol. The maximum absolute atomic E-state index is 12.5. The molecule has 0 saturated carbocycles. The summed E-state index contributed by atoms with van der Waals surface area (Å²) < 4.78 is 14.6. The molecule has 0 heterocycles. The van der Waals surface area contributed by atoms with Gasteiger partial charge in [-0.3, -0.25) is 4.79 Å². The fourth-order valence-corrected chi connectivity index (χ4v) is 6.35. The summed E-state index contributed by atoms with van der Waals surface area (Å²) in [5.74, 6) is -0.228. The monoisotopic (exact) mass is 764 g/mol. The van der Waals surface area contributed by atoms with Gasteiger partial charge in [-0.15, -0.1) is 0 Å². The Hall–Kier alpha value is -1.53. The lowest BCUT2D eigenvalue weighted by Crippen LogP contribution is -2.24. The molecule has 0 bridgehead atoms. The van der Waals surface area contributed by atoms with E-state index < -0.39 is 11.9 Å². The highest BCUT2D eigenvalue weighted by atomic mass is 79.9. The smallest absolute Gasteiger partial charge is 0.343 e. The first kappa shape index (κ1) is 26.1. The Labute approximate surface area is 231 Å². The van der Waals surface area contributed by atoms with Gasteiger partial charge in [-0.2, -0.15) is 5.10 Å². The zero-order valence-corrected chi connectivity index (χ0v) is 24.4. The van der Waals surface area contributed by atoms with Crippen LogP contribution in [-0.4, -0.2) is 24.7 Å². The summed E-state index contributed by atoms with van der Waals surface area (Å²) in [6.45, 7) is -0.256. The number of rotatable bonds is 7. The Morgan fingerprint density at radius 1 is 0.848 bits per heavy atom. The van der Waals surface area contributed by atoms with E-state index in [-0.39, 0.29) is 12.4 Å². The van der Waals surface area contributed by atoms with Gasteiger partial charge >= 0.3 is 5.97 Å². The summed E-state index contributed by atoms with van der Waals surface area (Å²) in [4.78, 5) is 24.7. The Bertz CT molecular complexity index is 1200. The number of benzene rings is 3. The van der Waals surface area contributed by atoms with Crippen LogP contribution in [0.3, 0.4) is 0 Å². The van der Waals surface area contributed by atoms with Gasteiger partial charge in [0.25, 0.3) is 5.91 Å². The van der Waals surface area contributed by atoms with Crippen LogP contribution in [0, 0.1) is 0 Å². The molecule has 3 rings (SSSR count). The van der Waals surface area contributed by atoms with E-state index >= 15 is 0 Å². The van der Waals surface area contributed by atoms with Crippen LogP contribution in [0.15, 0.2) is 82.1 Å². The molecule has 0 aliphatic carbocycles. The first-order chi connectivity index (χ1) is 15.7. The van der Waals surface area contributed by atoms with Crippen molar-refractivity contribution in [2.24, 2.45) is 5.10 Å². The second kappa shape index (κ2) is 12.3. The average Bonchev–Trinajstić information content (AvgIpc) is 2.75. The minimum Gasteiger partial charge on any atom is -0.481 e. The SMILES string of the molecule is O=C(COc1c(Br)cc(Br)cc1Br)N/N=C/c1cc(Br)cc(Br)c1OC(=O)c1ccccc1. The van der Waals surface area contributed by atoms with Crippen LogP contribution in [-0.2, 0) is 4.79 Å². The Kier molecular flexibility index (Phi) is 9.69. The number of hydrazone groups is 1. The topological polar surface area (TPSA) is 77.0 Å². The number of hydrogen-bond acceptors (Lipinski definition) is 5. The molecule has 0 unspecified atom stereocenters. The molecule has 0 aromatic heterocycles. The number of hydrogen-bond donors (Lipinski definition) is 1. The second-order valence-corrected chi connectivity index (χ2v) is 10.7. The second-order valence-electron chi connectivity index (χ2n) is 6.34. The quantitative estimate of drug-likeness (QED) is 0.119. The number of nitrogens with one attached hydrogen (secondary N) is 1. The van der Waals surface area contributed by atoms with Gasteiger partial charge < -0.3 is 9.47 Å². The van der Waals surface area contributed by atoms with Crippen LogP contribution in [0.5, 0.6) is 11.5 Å². The van der Waals surface area contributed by atoms with Crippen molar-refractivity contribution in [1.82, 2.24) is 5.43 Å². The van der Waals surface area contributed by atoms with Crippen molar-refractivity contribution in [3.63, 3.8) is 0 Å². The highest BCUT2D eigenvalue weighted by Gasteiger charge is 2.15. The van der Waals surface area contributed by atoms with Crippen molar-refractivity contribution in [2.75, 3.05) is 6.61 Å². The number of carbonyl (C=O) groups excluding carboxylic acids is 2. The number of nitrogens with zero attached hydrogens (tertiary/aromatic N) is 1. The van der Waals surface area contributed by atoms with Crippen LogP contribution in [0.2, 0.25) is 0 Å². The minimum atomic E-state index is -0.517. The van der Waals surface area contributed by atoms with E-state index in [1.807, 2.05) is 6.07 Å². The van der Waals surface area contributed by atoms with Crippen molar-refractivity contribution < 1.29 is 19.1 Å². The molecule has 6 nitrogen and oxygen atoms in total. The number of carbonyl (C=O) groups is 2. The van der Waals surface area contributed by atoms with Crippen molar-refractivity contribution in [3.05, 3.63) is 88.1 Å². The van der Waals surface area contributed by atoms with E-state index in [0.717, 1.165) is 8.95 Å². The van der Waals surface area contributed by atoms with Gasteiger partial charge in [0.15, 0.2) is 12.4 Å². The Morgan fingerprint density at radius 3 is 2.06 bits per heavy atom. The molecule has 0 spiro atoms. The molecular formula is C22H13Br5N2O4. The largest absolute Gasteiger partial charge is 0.481 e. The first-order valence-electron chi connectivity index (χ1n) is 9.10. The fourth-order valence-electron chi connectivity index (χ4n) is 2.52. The number of amides is 1. The van der Waals surface area contributed by atoms with Crippen LogP contribution in [0.1, 0.15) is 15.9 Å². The van der Waals surface area contributed by atoms with E-state index in [0.29, 0.717) is 30.3 Å². The molecule has 0 radical (unpaired) electrons. The van der Waals surface area contributed by atoms with E-state index in [4.69, 9.17) is 9.47 Å². The summed E-state index contributed by atoms with van der Waals surface area (Å²) >= 11 is 17.0. The molecule has 1 N–H and O–H groups in total. The van der Waals surface area contributed by atoms with Crippen molar-refractivity contribution in [1.29, 1.82) is 0 Å². The van der Waals surface area contributed by atoms with E-state index in [1.54, 1.807) is 48.5 Å². The molecule has 3 aromatic rings. The normalized spacial score (nSPS) is 10.8. The van der Waals surface area contributed by atoms with Crippen LogP contribution >= 0.6 is 79.6 Å². The van der Waals surface area contributed by atoms with Crippen LogP contribution < -0.4 is 14.9 Å². The zero-order chi connectivity index (χ0) is 24.0. The highest BCUT2D eigenvalue weighted by molar-refractivity contribution is 9.12. The highest BCUT2D eigenvalue weighted by Crippen LogP contribution is 2.36. The molecule has 33 heavy (non-hydrogen) atoms. The zero-order valence-electron chi connectivity index (χ0n) is 16.5. The fraction of sp³-hybridized carbons (Fsp3) is 0.0455. The van der Waals surface area contributed by atoms with E-state index in [2.05, 4.69) is 90.2 Å². The molecular weight excluding hydrogens is 756 g/mol. The van der Waals surface area contributed by atoms with Crippen LogP contribution in [0.25, 0.3) is 0 Å². The van der Waals surface area contributed by atoms with Crippen molar-refractivity contribution >= 4 is 97.7 Å². The van der Waals surface area contributed by atoms with Gasteiger partial charge in [-0.1, -0.05) is 50.1 Å². The van der Waals surface area contributed by atoms with Crippen molar-refractivity contribution in [3.8, 4) is 11.5 Å². The molecule has 0 aliphatic rings. The van der Waals surface area contributed by atoms with Gasteiger partial charge in [0.1, 0.15) is 5.75 Å². The minimum absolute atomic E-state index is 0.256. The number of esters is 1. The third-order valence-electron chi connectivity index (χ3n) is 3.94. The first-order valence-corrected chi connectivity index (χ1v) is 13.1. The summed E-state index contributed by atoms with van der Waals surface area (Å²) in [5, 5.41) is 3.97. The standard InChI is InChI=1S/C22H13Br5N2O4/c23-14-6-13(20(16(25)7-14)33-22(31)12-4-2-1-3-5-12)10-28-29-19(30)11-32-21-17(26)8-15(24)9-18(21)27/h1-10H,11H2,(H,29,30)/b28-10+. The predicted octanol–water partition coefficient (Wildman–Crippen LogP) is 7.25. The van der Waals surface area contributed by atoms with Crippen LogP contribution in [0.4, 0.5) is 0 Å². The molecule has 11 heteroatoms. The molecule has 3 aromatic carbocycles. The maximum atomic E-state index is 12.5. The number of ether oxygens (including phenoxy) is 2. The molecule has 0 fully saturated rings. The molecule has 0 atom stereocenters. The number of halogens is 5. The van der Waals surface area contributed by atoms with Gasteiger partial charge in [0.05, 0.1) is 25.2 Å². The lowest BCUT2D eigenvalue weighted by Gasteiger charge is -2.11. The molecule has 170 valence electrons. The summed E-state index contributed by atoms with van der Waals surface area (Å²) in [7, 11) is 0. The third kappa shape index (κ3) is 7.48. The molecule has 1 amide bonds. The molecule has 0 saturated heterocycles.